The van der Waals surface area contributed by atoms with Crippen molar-refractivity contribution in [3.63, 3.8) is 0 Å². The van der Waals surface area contributed by atoms with Crippen molar-refractivity contribution in [3.8, 4) is 16.9 Å². The molecule has 8 heteroatoms. The Labute approximate surface area is 181 Å². The monoisotopic (exact) mass is 437 g/mol. The fraction of sp³-hybridized carbons (Fsp3) is 0.174. The highest BCUT2D eigenvalue weighted by molar-refractivity contribution is 7.92. The van der Waals surface area contributed by atoms with E-state index in [2.05, 4.69) is 9.71 Å². The lowest BCUT2D eigenvalue weighted by atomic mass is 9.89. The molecule has 0 fully saturated rings. The summed E-state index contributed by atoms with van der Waals surface area (Å²) in [5, 5.41) is 11.8. The van der Waals surface area contributed by atoms with E-state index in [4.69, 9.17) is 4.74 Å². The van der Waals surface area contributed by atoms with Crippen molar-refractivity contribution < 1.29 is 18.4 Å². The highest BCUT2D eigenvalue weighted by Gasteiger charge is 2.29. The smallest absolute Gasteiger partial charge is 0.229 e. The van der Waals surface area contributed by atoms with E-state index in [1.165, 1.54) is 0 Å². The molecule has 1 aliphatic heterocycles. The van der Waals surface area contributed by atoms with E-state index < -0.39 is 16.1 Å². The molecule has 1 aromatic heterocycles. The molecule has 3 aromatic rings. The van der Waals surface area contributed by atoms with Crippen LogP contribution in [0.1, 0.15) is 28.4 Å². The van der Waals surface area contributed by atoms with Crippen LogP contribution in [0, 0.1) is 6.92 Å². The van der Waals surface area contributed by atoms with Crippen molar-refractivity contribution in [3.05, 3.63) is 83.3 Å². The Morgan fingerprint density at radius 3 is 2.61 bits per heavy atom. The molecule has 0 spiro atoms. The van der Waals surface area contributed by atoms with Gasteiger partial charge < -0.3 is 4.74 Å². The topological polar surface area (TPSA) is 91.8 Å². The van der Waals surface area contributed by atoms with Gasteiger partial charge in [0.25, 0.3) is 0 Å². The third kappa shape index (κ3) is 4.12. The number of fused-ring (bicyclic) bond motifs is 1. The maximum absolute atomic E-state index is 11.6. The summed E-state index contributed by atoms with van der Waals surface area (Å²) in [5.74, 6) is 0.750. The van der Waals surface area contributed by atoms with E-state index in [9.17, 15) is 13.6 Å². The second-order valence-electron chi connectivity index (χ2n) is 7.40. The predicted molar refractivity (Wildman–Crippen MR) is 120 cm³/mol. The number of rotatable bonds is 5. The van der Waals surface area contributed by atoms with Gasteiger partial charge in [-0.05, 0) is 54.0 Å². The summed E-state index contributed by atoms with van der Waals surface area (Å²) in [7, 11) is -1.74. The first-order valence-corrected chi connectivity index (χ1v) is 11.5. The number of nitrogens with one attached hydrogen (secondary N) is 1. The number of pyridine rings is 1. The van der Waals surface area contributed by atoms with Gasteiger partial charge in [0, 0.05) is 29.2 Å². The largest absolute Gasteiger partial charge is 0.496 e. The number of sulfonamides is 1. The molecule has 0 saturated heterocycles. The van der Waals surface area contributed by atoms with Crippen LogP contribution in [0.4, 0.5) is 5.69 Å². The molecule has 0 aliphatic carbocycles. The van der Waals surface area contributed by atoms with E-state index in [0.29, 0.717) is 11.4 Å². The van der Waals surface area contributed by atoms with Crippen LogP contribution in [0.15, 0.2) is 60.9 Å². The Bertz CT molecular complexity index is 1270. The first-order chi connectivity index (χ1) is 14.8. The quantitative estimate of drug-likeness (QED) is 0.622. The number of methoxy groups -OCH3 is 1. The Hall–Kier alpha value is -3.36. The highest BCUT2D eigenvalue weighted by atomic mass is 32.2. The Morgan fingerprint density at radius 1 is 1.13 bits per heavy atom. The van der Waals surface area contributed by atoms with Crippen molar-refractivity contribution in [2.24, 2.45) is 0 Å². The first-order valence-electron chi connectivity index (χ1n) is 9.64. The molecule has 31 heavy (non-hydrogen) atoms. The van der Waals surface area contributed by atoms with Crippen molar-refractivity contribution in [2.75, 3.05) is 18.1 Å². The minimum Gasteiger partial charge on any atom is -0.496 e. The van der Waals surface area contributed by atoms with Crippen LogP contribution < -0.4 is 9.46 Å². The molecule has 2 heterocycles. The van der Waals surface area contributed by atoms with E-state index in [1.54, 1.807) is 37.7 Å². The summed E-state index contributed by atoms with van der Waals surface area (Å²) in [5.41, 5.74) is 5.57. The second-order valence-corrected chi connectivity index (χ2v) is 9.15. The van der Waals surface area contributed by atoms with E-state index in [0.717, 1.165) is 44.9 Å². The zero-order valence-corrected chi connectivity index (χ0v) is 18.2. The summed E-state index contributed by atoms with van der Waals surface area (Å²) < 4.78 is 31.1. The van der Waals surface area contributed by atoms with E-state index in [-0.39, 0.29) is 0 Å². The number of benzene rings is 2. The van der Waals surface area contributed by atoms with Crippen LogP contribution in [0.5, 0.6) is 5.75 Å². The lowest BCUT2D eigenvalue weighted by Crippen LogP contribution is -2.26. The molecule has 7 nitrogen and oxygen atoms in total. The van der Waals surface area contributed by atoms with Crippen LogP contribution in [0.3, 0.4) is 0 Å². The van der Waals surface area contributed by atoms with Crippen LogP contribution in [0.2, 0.25) is 0 Å². The van der Waals surface area contributed by atoms with Gasteiger partial charge in [0.1, 0.15) is 11.8 Å². The van der Waals surface area contributed by atoms with E-state index in [1.807, 2.05) is 43.3 Å². The lowest BCUT2D eigenvalue weighted by molar-refractivity contribution is -0.0698. The number of anilines is 1. The Morgan fingerprint density at radius 2 is 1.90 bits per heavy atom. The average molecular weight is 438 g/mol. The molecule has 0 bridgehead atoms. The summed E-state index contributed by atoms with van der Waals surface area (Å²) >= 11 is 0. The first kappa shape index (κ1) is 20.9. The molecule has 2 aromatic carbocycles. The molecular formula is C23H23N3O4S. The Balaban J connectivity index is 1.83. The minimum atomic E-state index is -3.38. The number of aromatic nitrogens is 1. The van der Waals surface area contributed by atoms with Gasteiger partial charge in [0.15, 0.2) is 0 Å². The Kier molecular flexibility index (Phi) is 5.43. The van der Waals surface area contributed by atoms with Gasteiger partial charge in [-0.25, -0.2) is 8.42 Å². The van der Waals surface area contributed by atoms with Gasteiger partial charge >= 0.3 is 0 Å². The number of hydroxylamine groups is 2. The summed E-state index contributed by atoms with van der Waals surface area (Å²) in [6.45, 7) is 1.87. The molecule has 4 rings (SSSR count). The second kappa shape index (κ2) is 8.05. The number of hydrogen-bond acceptors (Lipinski definition) is 6. The zero-order valence-electron chi connectivity index (χ0n) is 17.4. The third-order valence-corrected chi connectivity index (χ3v) is 5.81. The molecule has 1 unspecified atom stereocenters. The molecule has 0 amide bonds. The van der Waals surface area contributed by atoms with Crippen LogP contribution >= 0.6 is 0 Å². The van der Waals surface area contributed by atoms with Gasteiger partial charge in [0.2, 0.25) is 10.0 Å². The minimum absolute atomic E-state index is 0.468. The fourth-order valence-corrected chi connectivity index (χ4v) is 4.45. The standard InChI is InChI=1S/C23H23N3O4S/c1-15-14-16(25-31(3,28)29)8-9-17(15)23-22-20(11-13-26(23)27)18(10-12-24-22)19-6-4-5-7-21(19)30-2/h4-14,23,25,27H,1-3H3. The van der Waals surface area contributed by atoms with Crippen LogP contribution in [-0.2, 0) is 10.0 Å². The zero-order chi connectivity index (χ0) is 22.2. The number of para-hydroxylation sites is 1. The van der Waals surface area contributed by atoms with Gasteiger partial charge in [-0.2, -0.15) is 0 Å². The van der Waals surface area contributed by atoms with Crippen molar-refractivity contribution in [2.45, 2.75) is 13.0 Å². The molecular weight excluding hydrogens is 414 g/mol. The number of aryl methyl sites for hydroxylation is 1. The number of nitrogens with zero attached hydrogens (tertiary/aromatic N) is 2. The highest BCUT2D eigenvalue weighted by Crippen LogP contribution is 2.41. The van der Waals surface area contributed by atoms with Crippen molar-refractivity contribution in [1.29, 1.82) is 0 Å². The third-order valence-electron chi connectivity index (χ3n) is 5.20. The molecule has 0 saturated carbocycles. The average Bonchev–Trinajstić information content (AvgIpc) is 2.73. The normalized spacial score (nSPS) is 15.5. The summed E-state index contributed by atoms with van der Waals surface area (Å²) in [6, 6.07) is 14.4. The van der Waals surface area contributed by atoms with Gasteiger partial charge in [-0.3, -0.25) is 20.0 Å². The molecule has 2 N–H and O–H groups in total. The van der Waals surface area contributed by atoms with Gasteiger partial charge in [0.05, 0.1) is 19.1 Å². The molecule has 160 valence electrons. The number of ether oxygens (including phenoxy) is 1. The maximum atomic E-state index is 11.6. The predicted octanol–water partition coefficient (Wildman–Crippen LogP) is 4.20. The molecule has 1 aliphatic rings. The SMILES string of the molecule is COc1ccccc1-c1ccnc2c1C=CN(O)C2c1ccc(NS(C)(=O)=O)cc1C. The fourth-order valence-electron chi connectivity index (χ4n) is 3.90. The summed E-state index contributed by atoms with van der Waals surface area (Å²) in [4.78, 5) is 4.59. The van der Waals surface area contributed by atoms with Crippen LogP contribution in [0.25, 0.3) is 17.2 Å². The molecule has 1 atom stereocenters. The maximum Gasteiger partial charge on any atom is 0.229 e. The van der Waals surface area contributed by atoms with Gasteiger partial charge in [-0.1, -0.05) is 24.3 Å². The molecule has 0 radical (unpaired) electrons. The van der Waals surface area contributed by atoms with Gasteiger partial charge in [-0.15, -0.1) is 0 Å². The lowest BCUT2D eigenvalue weighted by Gasteiger charge is -2.31. The van der Waals surface area contributed by atoms with Crippen molar-refractivity contribution >= 4 is 21.8 Å². The van der Waals surface area contributed by atoms with Crippen LogP contribution in [-0.4, -0.2) is 37.0 Å². The van der Waals surface area contributed by atoms with Crippen molar-refractivity contribution in [1.82, 2.24) is 10.0 Å². The number of hydrogen-bond donors (Lipinski definition) is 2. The summed E-state index contributed by atoms with van der Waals surface area (Å²) in [6.07, 6.45) is 6.26. The van der Waals surface area contributed by atoms with E-state index >= 15 is 0 Å².